The monoisotopic (exact) mass is 413 g/mol. The maximum absolute atomic E-state index is 12.0. The maximum atomic E-state index is 12.0. The van der Waals surface area contributed by atoms with E-state index >= 15 is 0 Å². The maximum Gasteiger partial charge on any atom is 0.257 e. The van der Waals surface area contributed by atoms with E-state index in [1.807, 2.05) is 23.5 Å². The highest BCUT2D eigenvalue weighted by atomic mass is 32.1. The molecule has 0 unspecified atom stereocenters. The Morgan fingerprint density at radius 1 is 1.21 bits per heavy atom. The fraction of sp³-hybridized carbons (Fsp3) is 0.500. The van der Waals surface area contributed by atoms with Gasteiger partial charge in [0.15, 0.2) is 6.61 Å². The third-order valence-corrected chi connectivity index (χ3v) is 6.42. The number of thiazole rings is 1. The van der Waals surface area contributed by atoms with Crippen molar-refractivity contribution in [3.05, 3.63) is 39.8 Å². The van der Waals surface area contributed by atoms with Crippen LogP contribution in [-0.4, -0.2) is 29.9 Å². The molecule has 2 aromatic rings. The zero-order valence-corrected chi connectivity index (χ0v) is 17.4. The molecule has 1 aromatic carbocycles. The number of hydrogen-bond donors (Lipinski definition) is 2. The van der Waals surface area contributed by atoms with Crippen molar-refractivity contribution >= 4 is 28.8 Å². The van der Waals surface area contributed by atoms with E-state index in [9.17, 15) is 9.59 Å². The highest BCUT2D eigenvalue weighted by Gasteiger charge is 2.29. The third kappa shape index (κ3) is 5.79. The topological polar surface area (TPSA) is 80.3 Å². The standard InChI is InChI=1S/C22H27N3O3S/c26-20(23-12-4-9-21-25-18-7-1-2-8-19(18)29-21)14-28-17-6-3-5-16(13-17)24-22(27)15-10-11-15/h3,5-6,13,15H,1-2,4,7-12,14H2,(H,23,26)(H,24,27). The molecule has 4 rings (SSSR count). The van der Waals surface area contributed by atoms with E-state index in [1.165, 1.54) is 34.8 Å². The predicted octanol–water partition coefficient (Wildman–Crippen LogP) is 3.50. The van der Waals surface area contributed by atoms with Crippen LogP contribution in [0.1, 0.15) is 47.7 Å². The highest BCUT2D eigenvalue weighted by molar-refractivity contribution is 7.11. The lowest BCUT2D eigenvalue weighted by molar-refractivity contribution is -0.123. The minimum absolute atomic E-state index is 0.0361. The molecular weight excluding hydrogens is 386 g/mol. The number of benzene rings is 1. The first-order valence-corrected chi connectivity index (χ1v) is 11.3. The number of nitrogens with one attached hydrogen (secondary N) is 2. The molecule has 7 heteroatoms. The molecule has 1 aromatic heterocycles. The Hall–Kier alpha value is -2.41. The van der Waals surface area contributed by atoms with Crippen molar-refractivity contribution in [1.82, 2.24) is 10.3 Å². The van der Waals surface area contributed by atoms with Crippen LogP contribution in [0.3, 0.4) is 0 Å². The Morgan fingerprint density at radius 2 is 2.07 bits per heavy atom. The summed E-state index contributed by atoms with van der Waals surface area (Å²) in [5.41, 5.74) is 2.00. The lowest BCUT2D eigenvalue weighted by atomic mass is 10.0. The van der Waals surface area contributed by atoms with Crippen LogP contribution in [0.15, 0.2) is 24.3 Å². The van der Waals surface area contributed by atoms with Gasteiger partial charge in [-0.25, -0.2) is 4.98 Å². The van der Waals surface area contributed by atoms with Crippen LogP contribution in [0.5, 0.6) is 5.75 Å². The summed E-state index contributed by atoms with van der Waals surface area (Å²) in [5, 5.41) is 6.97. The highest BCUT2D eigenvalue weighted by Crippen LogP contribution is 2.30. The largest absolute Gasteiger partial charge is 0.484 e. The summed E-state index contributed by atoms with van der Waals surface area (Å²) < 4.78 is 5.56. The second-order valence-corrected chi connectivity index (χ2v) is 8.89. The molecule has 2 aliphatic carbocycles. The van der Waals surface area contributed by atoms with Crippen LogP contribution in [0.2, 0.25) is 0 Å². The number of rotatable bonds is 9. The van der Waals surface area contributed by atoms with Gasteiger partial charge in [0, 0.05) is 35.5 Å². The van der Waals surface area contributed by atoms with E-state index < -0.39 is 0 Å². The Bertz CT molecular complexity index is 852. The summed E-state index contributed by atoms with van der Waals surface area (Å²) in [6.07, 6.45) is 8.53. The molecule has 1 saturated carbocycles. The molecule has 0 aliphatic heterocycles. The van der Waals surface area contributed by atoms with Gasteiger partial charge in [-0.2, -0.15) is 0 Å². The fourth-order valence-corrected chi connectivity index (χ4v) is 4.63. The van der Waals surface area contributed by atoms with Crippen molar-refractivity contribution < 1.29 is 14.3 Å². The van der Waals surface area contributed by atoms with E-state index in [0.717, 1.165) is 32.1 Å². The smallest absolute Gasteiger partial charge is 0.257 e. The average molecular weight is 414 g/mol. The van der Waals surface area contributed by atoms with Gasteiger partial charge in [-0.3, -0.25) is 9.59 Å². The number of carbonyl (C=O) groups is 2. The quantitative estimate of drug-likeness (QED) is 0.617. The molecular formula is C22H27N3O3S. The van der Waals surface area contributed by atoms with Gasteiger partial charge in [0.05, 0.1) is 10.7 Å². The molecule has 1 heterocycles. The number of hydrogen-bond acceptors (Lipinski definition) is 5. The first-order valence-electron chi connectivity index (χ1n) is 10.5. The van der Waals surface area contributed by atoms with Gasteiger partial charge in [-0.05, 0) is 57.1 Å². The van der Waals surface area contributed by atoms with Gasteiger partial charge in [-0.1, -0.05) is 6.07 Å². The summed E-state index contributed by atoms with van der Waals surface area (Å²) in [4.78, 5) is 30.1. The SMILES string of the molecule is O=C(COc1cccc(NC(=O)C2CC2)c1)NCCCc1nc2c(s1)CCCC2. The lowest BCUT2D eigenvalue weighted by Gasteiger charge is -2.09. The van der Waals surface area contributed by atoms with Gasteiger partial charge in [-0.15, -0.1) is 11.3 Å². The van der Waals surface area contributed by atoms with Crippen LogP contribution >= 0.6 is 11.3 Å². The third-order valence-electron chi connectivity index (χ3n) is 5.20. The average Bonchev–Trinajstić information content (AvgIpc) is 3.50. The van der Waals surface area contributed by atoms with Gasteiger partial charge in [0.1, 0.15) is 5.75 Å². The van der Waals surface area contributed by atoms with Crippen molar-refractivity contribution in [3.8, 4) is 5.75 Å². The van der Waals surface area contributed by atoms with Gasteiger partial charge in [0.25, 0.3) is 5.91 Å². The van der Waals surface area contributed by atoms with E-state index in [1.54, 1.807) is 12.1 Å². The molecule has 0 saturated heterocycles. The minimum Gasteiger partial charge on any atom is -0.484 e. The molecule has 0 bridgehead atoms. The second-order valence-electron chi connectivity index (χ2n) is 7.72. The van der Waals surface area contributed by atoms with Crippen LogP contribution in [0, 0.1) is 5.92 Å². The Morgan fingerprint density at radius 3 is 2.90 bits per heavy atom. The number of aromatic nitrogens is 1. The van der Waals surface area contributed by atoms with E-state index in [2.05, 4.69) is 10.6 Å². The van der Waals surface area contributed by atoms with Crippen LogP contribution < -0.4 is 15.4 Å². The molecule has 2 amide bonds. The molecule has 29 heavy (non-hydrogen) atoms. The Labute approximate surface area is 175 Å². The van der Waals surface area contributed by atoms with Crippen molar-refractivity contribution in [2.24, 2.45) is 5.92 Å². The predicted molar refractivity (Wildman–Crippen MR) is 113 cm³/mol. The number of carbonyl (C=O) groups excluding carboxylic acids is 2. The number of amides is 2. The van der Waals surface area contributed by atoms with Gasteiger partial charge < -0.3 is 15.4 Å². The van der Waals surface area contributed by atoms with Crippen LogP contribution in [0.25, 0.3) is 0 Å². The molecule has 2 aliphatic rings. The normalized spacial score (nSPS) is 15.4. The summed E-state index contributed by atoms with van der Waals surface area (Å²) in [7, 11) is 0. The lowest BCUT2D eigenvalue weighted by Crippen LogP contribution is -2.29. The first kappa shape index (κ1) is 19.9. The summed E-state index contributed by atoms with van der Waals surface area (Å²) in [6, 6.07) is 7.16. The number of fused-ring (bicyclic) bond motifs is 1. The van der Waals surface area contributed by atoms with Crippen LogP contribution in [-0.2, 0) is 28.9 Å². The molecule has 6 nitrogen and oxygen atoms in total. The molecule has 2 N–H and O–H groups in total. The van der Waals surface area contributed by atoms with E-state index in [0.29, 0.717) is 18.0 Å². The summed E-state index contributed by atoms with van der Waals surface area (Å²) >= 11 is 1.83. The fourth-order valence-electron chi connectivity index (χ4n) is 3.43. The van der Waals surface area contributed by atoms with Crippen molar-refractivity contribution in [2.75, 3.05) is 18.5 Å². The molecule has 1 fully saturated rings. The molecule has 154 valence electrons. The number of aryl methyl sites for hydroxylation is 3. The number of ether oxygens (including phenoxy) is 1. The summed E-state index contributed by atoms with van der Waals surface area (Å²) in [6.45, 7) is 0.579. The van der Waals surface area contributed by atoms with Crippen molar-refractivity contribution in [2.45, 2.75) is 51.4 Å². The molecule has 0 atom stereocenters. The zero-order valence-electron chi connectivity index (χ0n) is 16.5. The van der Waals surface area contributed by atoms with Crippen molar-refractivity contribution in [3.63, 3.8) is 0 Å². The molecule has 0 spiro atoms. The Kier molecular flexibility index (Phi) is 6.44. The number of nitrogens with zero attached hydrogens (tertiary/aromatic N) is 1. The number of anilines is 1. The van der Waals surface area contributed by atoms with Gasteiger partial charge in [0.2, 0.25) is 5.91 Å². The zero-order chi connectivity index (χ0) is 20.1. The first-order chi connectivity index (χ1) is 14.2. The second kappa shape index (κ2) is 9.39. The van der Waals surface area contributed by atoms with Crippen LogP contribution in [0.4, 0.5) is 5.69 Å². The van der Waals surface area contributed by atoms with E-state index in [-0.39, 0.29) is 24.3 Å². The van der Waals surface area contributed by atoms with E-state index in [4.69, 9.17) is 9.72 Å². The Balaban J connectivity index is 1.14. The van der Waals surface area contributed by atoms with Gasteiger partial charge >= 0.3 is 0 Å². The minimum atomic E-state index is -0.143. The molecule has 0 radical (unpaired) electrons. The van der Waals surface area contributed by atoms with Crippen molar-refractivity contribution in [1.29, 1.82) is 0 Å². The summed E-state index contributed by atoms with van der Waals surface area (Å²) in [5.74, 6) is 0.638.